The summed E-state index contributed by atoms with van der Waals surface area (Å²) in [5.74, 6) is 0.371. The summed E-state index contributed by atoms with van der Waals surface area (Å²) in [4.78, 5) is 43.2. The summed E-state index contributed by atoms with van der Waals surface area (Å²) in [5, 5.41) is 2.99. The van der Waals surface area contributed by atoms with Gasteiger partial charge in [-0.3, -0.25) is 14.6 Å². The van der Waals surface area contributed by atoms with Crippen molar-refractivity contribution in [2.24, 2.45) is 0 Å². The van der Waals surface area contributed by atoms with Crippen LogP contribution in [0.2, 0.25) is 0 Å². The van der Waals surface area contributed by atoms with Crippen LogP contribution in [0.25, 0.3) is 0 Å². The molecule has 0 spiro atoms. The van der Waals surface area contributed by atoms with Gasteiger partial charge in [0, 0.05) is 37.7 Å². The smallest absolute Gasteiger partial charge is 0.271 e. The minimum atomic E-state index is -0.231. The Hall–Kier alpha value is -2.90. The maximum Gasteiger partial charge on any atom is 0.271 e. The first-order valence-corrected chi connectivity index (χ1v) is 8.71. The highest BCUT2D eigenvalue weighted by Gasteiger charge is 2.24. The Morgan fingerprint density at radius 1 is 1.12 bits per heavy atom. The van der Waals surface area contributed by atoms with Crippen LogP contribution in [-0.4, -0.2) is 55.8 Å². The maximum absolute atomic E-state index is 12.8. The van der Waals surface area contributed by atoms with Gasteiger partial charge in [-0.05, 0) is 33.1 Å². The Labute approximate surface area is 152 Å². The summed E-state index contributed by atoms with van der Waals surface area (Å²) in [6.45, 7) is 4.86. The van der Waals surface area contributed by atoms with Crippen molar-refractivity contribution < 1.29 is 9.59 Å². The van der Waals surface area contributed by atoms with Crippen LogP contribution in [0.1, 0.15) is 51.6 Å². The zero-order chi connectivity index (χ0) is 18.5. The standard InChI is InChI=1S/C18H22N6O2/c1-12-15(10-21-13(2)22-12)18(26)24-8-3-4-14(5-9-24)23-17(25)16-11-19-6-7-20-16/h6-7,10-11,14H,3-5,8-9H2,1-2H3,(H,23,25)/t14-/m1/s1. The summed E-state index contributed by atoms with van der Waals surface area (Å²) >= 11 is 0. The lowest BCUT2D eigenvalue weighted by Gasteiger charge is -2.21. The lowest BCUT2D eigenvalue weighted by atomic mass is 10.1. The average molecular weight is 354 g/mol. The van der Waals surface area contributed by atoms with E-state index in [1.807, 2.05) is 11.8 Å². The molecule has 1 saturated heterocycles. The molecule has 2 aromatic rings. The lowest BCUT2D eigenvalue weighted by molar-refractivity contribution is 0.0759. The first kappa shape index (κ1) is 17.9. The number of likely N-dealkylation sites (tertiary alicyclic amines) is 1. The van der Waals surface area contributed by atoms with Gasteiger partial charge < -0.3 is 10.2 Å². The maximum atomic E-state index is 12.8. The molecule has 1 atom stereocenters. The average Bonchev–Trinajstić information content (AvgIpc) is 2.87. The summed E-state index contributed by atoms with van der Waals surface area (Å²) in [6, 6.07) is 0.0117. The van der Waals surface area contributed by atoms with Crippen LogP contribution in [0.15, 0.2) is 24.8 Å². The molecule has 26 heavy (non-hydrogen) atoms. The Kier molecular flexibility index (Phi) is 5.50. The van der Waals surface area contributed by atoms with Gasteiger partial charge >= 0.3 is 0 Å². The predicted octanol–water partition coefficient (Wildman–Crippen LogP) is 1.31. The third-order valence-electron chi connectivity index (χ3n) is 4.48. The van der Waals surface area contributed by atoms with Crippen molar-refractivity contribution in [1.29, 1.82) is 0 Å². The van der Waals surface area contributed by atoms with Gasteiger partial charge in [0.05, 0.1) is 17.5 Å². The van der Waals surface area contributed by atoms with Crippen LogP contribution in [0, 0.1) is 13.8 Å². The summed E-state index contributed by atoms with van der Waals surface area (Å²) in [7, 11) is 0. The lowest BCUT2D eigenvalue weighted by Crippen LogP contribution is -2.37. The van der Waals surface area contributed by atoms with Gasteiger partial charge in [0.2, 0.25) is 0 Å². The van der Waals surface area contributed by atoms with Crippen LogP contribution in [0.4, 0.5) is 0 Å². The molecule has 1 N–H and O–H groups in total. The fourth-order valence-corrected chi connectivity index (χ4v) is 3.08. The number of hydrogen-bond donors (Lipinski definition) is 1. The molecule has 3 rings (SSSR count). The number of nitrogens with zero attached hydrogens (tertiary/aromatic N) is 5. The summed E-state index contributed by atoms with van der Waals surface area (Å²) < 4.78 is 0. The van der Waals surface area contributed by atoms with Gasteiger partial charge in [0.25, 0.3) is 11.8 Å². The van der Waals surface area contributed by atoms with Crippen molar-refractivity contribution in [2.45, 2.75) is 39.2 Å². The fourth-order valence-electron chi connectivity index (χ4n) is 3.08. The van der Waals surface area contributed by atoms with Gasteiger partial charge in [-0.25, -0.2) is 15.0 Å². The number of nitrogens with one attached hydrogen (secondary N) is 1. The van der Waals surface area contributed by atoms with Crippen LogP contribution in [0.5, 0.6) is 0 Å². The van der Waals surface area contributed by atoms with Crippen LogP contribution < -0.4 is 5.32 Å². The molecule has 0 saturated carbocycles. The molecule has 1 aliphatic rings. The topological polar surface area (TPSA) is 101 Å². The molecule has 136 valence electrons. The third kappa shape index (κ3) is 4.19. The predicted molar refractivity (Wildman–Crippen MR) is 94.5 cm³/mol. The van der Waals surface area contributed by atoms with Crippen LogP contribution in [0.3, 0.4) is 0 Å². The highest BCUT2D eigenvalue weighted by molar-refractivity contribution is 5.95. The molecule has 1 fully saturated rings. The SMILES string of the molecule is Cc1ncc(C(=O)N2CCC[C@@H](NC(=O)c3cnccn3)CC2)c(C)n1. The molecular formula is C18H22N6O2. The van der Waals surface area contributed by atoms with Crippen LogP contribution in [-0.2, 0) is 0 Å². The zero-order valence-electron chi connectivity index (χ0n) is 15.0. The van der Waals surface area contributed by atoms with E-state index in [2.05, 4.69) is 25.3 Å². The van der Waals surface area contributed by atoms with E-state index >= 15 is 0 Å². The Morgan fingerprint density at radius 2 is 1.96 bits per heavy atom. The number of rotatable bonds is 3. The Morgan fingerprint density at radius 3 is 2.69 bits per heavy atom. The van der Waals surface area contributed by atoms with Gasteiger partial charge in [0.1, 0.15) is 11.5 Å². The molecule has 8 nitrogen and oxygen atoms in total. The van der Waals surface area contributed by atoms with Crippen LogP contribution >= 0.6 is 0 Å². The molecule has 2 amide bonds. The van der Waals surface area contributed by atoms with Crippen molar-refractivity contribution in [3.05, 3.63) is 47.6 Å². The molecule has 1 aliphatic heterocycles. The Balaban J connectivity index is 1.61. The minimum Gasteiger partial charge on any atom is -0.348 e. The molecule has 8 heteroatoms. The second-order valence-electron chi connectivity index (χ2n) is 6.40. The number of carbonyl (C=O) groups excluding carboxylic acids is 2. The van der Waals surface area contributed by atoms with Crippen molar-refractivity contribution in [1.82, 2.24) is 30.2 Å². The number of aryl methyl sites for hydroxylation is 2. The van der Waals surface area contributed by atoms with Crippen molar-refractivity contribution in [3.63, 3.8) is 0 Å². The molecular weight excluding hydrogens is 332 g/mol. The van der Waals surface area contributed by atoms with E-state index in [0.29, 0.717) is 42.3 Å². The van der Waals surface area contributed by atoms with Gasteiger partial charge in [-0.15, -0.1) is 0 Å². The first-order chi connectivity index (χ1) is 12.5. The quantitative estimate of drug-likeness (QED) is 0.892. The Bertz CT molecular complexity index is 796. The van der Waals surface area contributed by atoms with E-state index in [4.69, 9.17) is 0 Å². The van der Waals surface area contributed by atoms with E-state index in [-0.39, 0.29) is 17.9 Å². The fraction of sp³-hybridized carbons (Fsp3) is 0.444. The van der Waals surface area contributed by atoms with E-state index in [1.165, 1.54) is 18.6 Å². The van der Waals surface area contributed by atoms with Gasteiger partial charge in [0.15, 0.2) is 0 Å². The highest BCUT2D eigenvalue weighted by atomic mass is 16.2. The monoisotopic (exact) mass is 354 g/mol. The molecule has 0 radical (unpaired) electrons. The first-order valence-electron chi connectivity index (χ1n) is 8.71. The number of hydrogen-bond acceptors (Lipinski definition) is 6. The molecule has 0 aromatic carbocycles. The second-order valence-corrected chi connectivity index (χ2v) is 6.40. The largest absolute Gasteiger partial charge is 0.348 e. The van der Waals surface area contributed by atoms with Crippen molar-refractivity contribution >= 4 is 11.8 Å². The normalized spacial score (nSPS) is 17.5. The number of aromatic nitrogens is 4. The third-order valence-corrected chi connectivity index (χ3v) is 4.48. The van der Waals surface area contributed by atoms with Crippen molar-refractivity contribution in [3.8, 4) is 0 Å². The van der Waals surface area contributed by atoms with E-state index < -0.39 is 0 Å². The summed E-state index contributed by atoms with van der Waals surface area (Å²) in [5.41, 5.74) is 1.54. The van der Waals surface area contributed by atoms with E-state index in [9.17, 15) is 9.59 Å². The molecule has 0 bridgehead atoms. The number of carbonyl (C=O) groups is 2. The van der Waals surface area contributed by atoms with Gasteiger partial charge in [-0.1, -0.05) is 0 Å². The minimum absolute atomic E-state index is 0.0117. The van der Waals surface area contributed by atoms with E-state index in [1.54, 1.807) is 13.1 Å². The molecule has 0 unspecified atom stereocenters. The molecule has 2 aromatic heterocycles. The zero-order valence-corrected chi connectivity index (χ0v) is 15.0. The van der Waals surface area contributed by atoms with Gasteiger partial charge in [-0.2, -0.15) is 0 Å². The van der Waals surface area contributed by atoms with Crippen molar-refractivity contribution in [2.75, 3.05) is 13.1 Å². The summed E-state index contributed by atoms with van der Waals surface area (Å²) in [6.07, 6.45) is 8.41. The second kappa shape index (κ2) is 7.99. The molecule has 3 heterocycles. The molecule has 0 aliphatic carbocycles. The highest BCUT2D eigenvalue weighted by Crippen LogP contribution is 2.15. The van der Waals surface area contributed by atoms with E-state index in [0.717, 1.165) is 12.8 Å². The number of amides is 2.